The highest BCUT2D eigenvalue weighted by atomic mass is 16.2. The van der Waals surface area contributed by atoms with Gasteiger partial charge < -0.3 is 10.2 Å². The monoisotopic (exact) mass is 382 g/mol. The van der Waals surface area contributed by atoms with Crippen LogP contribution in [0, 0.1) is 11.8 Å². The Bertz CT molecular complexity index is 867. The molecule has 0 aliphatic carbocycles. The molecule has 1 aromatic heterocycles. The summed E-state index contributed by atoms with van der Waals surface area (Å²) in [6, 6.07) is 6.02. The molecule has 0 saturated carbocycles. The predicted octanol–water partition coefficient (Wildman–Crippen LogP) is 2.93. The number of carbonyl (C=O) groups excluding carboxylic acids is 2. The Kier molecular flexibility index (Phi) is 5.49. The number of hydrogen-bond acceptors (Lipinski definition) is 4. The van der Waals surface area contributed by atoms with Crippen LogP contribution in [0.5, 0.6) is 0 Å². The van der Waals surface area contributed by atoms with Crippen LogP contribution in [0.25, 0.3) is 10.9 Å². The van der Waals surface area contributed by atoms with Gasteiger partial charge in [0.15, 0.2) is 5.69 Å². The summed E-state index contributed by atoms with van der Waals surface area (Å²) in [6.07, 6.45) is 4.35. The largest absolute Gasteiger partial charge is 0.346 e. The van der Waals surface area contributed by atoms with Crippen molar-refractivity contribution in [3.63, 3.8) is 0 Å². The van der Waals surface area contributed by atoms with Gasteiger partial charge >= 0.3 is 0 Å². The highest BCUT2D eigenvalue weighted by Gasteiger charge is 2.35. The van der Waals surface area contributed by atoms with Gasteiger partial charge in [-0.15, -0.1) is 0 Å². The number of amides is 1. The molecular formula is C22H30N4O2. The van der Waals surface area contributed by atoms with E-state index in [1.807, 2.05) is 18.2 Å². The lowest BCUT2D eigenvalue weighted by atomic mass is 9.84. The van der Waals surface area contributed by atoms with E-state index in [-0.39, 0.29) is 17.7 Å². The number of nitrogens with one attached hydrogen (secondary N) is 2. The van der Waals surface area contributed by atoms with Gasteiger partial charge in [-0.3, -0.25) is 14.7 Å². The summed E-state index contributed by atoms with van der Waals surface area (Å²) in [5.41, 5.74) is 2.21. The number of piperidine rings is 3. The predicted molar refractivity (Wildman–Crippen MR) is 109 cm³/mol. The van der Waals surface area contributed by atoms with Crippen molar-refractivity contribution in [3.8, 4) is 0 Å². The number of aromatic amines is 1. The first-order chi connectivity index (χ1) is 13.5. The molecule has 2 bridgehead atoms. The molecule has 1 unspecified atom stereocenters. The lowest BCUT2D eigenvalue weighted by molar-refractivity contribution is -0.119. The molecule has 6 heteroatoms. The minimum absolute atomic E-state index is 0.118. The molecule has 2 aromatic rings. The minimum Gasteiger partial charge on any atom is -0.346 e. The first-order valence-electron chi connectivity index (χ1n) is 10.6. The van der Waals surface area contributed by atoms with Crippen LogP contribution in [0.1, 0.15) is 55.6 Å². The maximum Gasteiger partial charge on any atom is 0.272 e. The molecule has 6 nitrogen and oxygen atoms in total. The van der Waals surface area contributed by atoms with Crippen molar-refractivity contribution in [2.45, 2.75) is 52.0 Å². The number of Topliss-reactive ketones (excluding diaryl/α,β-unsaturated/α-hetero) is 1. The van der Waals surface area contributed by atoms with Crippen LogP contribution in [0.3, 0.4) is 0 Å². The Morgan fingerprint density at radius 1 is 1.32 bits per heavy atom. The molecule has 2 N–H and O–H groups in total. The number of nitrogens with zero attached hydrogens (tertiary/aromatic N) is 2. The number of ketones is 1. The Morgan fingerprint density at radius 2 is 2.11 bits per heavy atom. The maximum atomic E-state index is 12.9. The average Bonchev–Trinajstić information content (AvgIpc) is 3.12. The summed E-state index contributed by atoms with van der Waals surface area (Å²) in [6.45, 7) is 7.45. The van der Waals surface area contributed by atoms with Crippen molar-refractivity contribution in [3.05, 3.63) is 29.5 Å². The first kappa shape index (κ1) is 19.1. The van der Waals surface area contributed by atoms with Gasteiger partial charge in [-0.05, 0) is 55.5 Å². The van der Waals surface area contributed by atoms with Crippen molar-refractivity contribution < 1.29 is 9.59 Å². The first-order valence-corrected chi connectivity index (χ1v) is 10.6. The van der Waals surface area contributed by atoms with Crippen LogP contribution < -0.4 is 5.32 Å². The fraction of sp³-hybridized carbons (Fsp3) is 0.591. The summed E-state index contributed by atoms with van der Waals surface area (Å²) in [4.78, 5) is 27.6. The number of benzene rings is 1. The normalized spacial score (nSPS) is 25.0. The number of fused-ring (bicyclic) bond motifs is 4. The molecule has 150 valence electrons. The third-order valence-electron chi connectivity index (χ3n) is 6.49. The molecule has 0 radical (unpaired) electrons. The minimum atomic E-state index is -0.118. The highest BCUT2D eigenvalue weighted by Crippen LogP contribution is 2.28. The molecule has 28 heavy (non-hydrogen) atoms. The van der Waals surface area contributed by atoms with Crippen molar-refractivity contribution in [1.29, 1.82) is 0 Å². The lowest BCUT2D eigenvalue weighted by Crippen LogP contribution is -2.57. The summed E-state index contributed by atoms with van der Waals surface area (Å²) in [5, 5.41) is 11.2. The second-order valence-electron chi connectivity index (χ2n) is 8.60. The van der Waals surface area contributed by atoms with Crippen LogP contribution in [0.4, 0.5) is 0 Å². The van der Waals surface area contributed by atoms with E-state index in [1.165, 1.54) is 0 Å². The average molecular weight is 383 g/mol. The number of hydrogen-bond donors (Lipinski definition) is 2. The summed E-state index contributed by atoms with van der Waals surface area (Å²) >= 11 is 0. The van der Waals surface area contributed by atoms with Crippen molar-refractivity contribution >= 4 is 22.6 Å². The fourth-order valence-electron chi connectivity index (χ4n) is 4.54. The molecule has 0 spiro atoms. The quantitative estimate of drug-likeness (QED) is 0.772. The van der Waals surface area contributed by atoms with Crippen molar-refractivity contribution in [1.82, 2.24) is 20.4 Å². The Hall–Kier alpha value is -2.21. The third kappa shape index (κ3) is 3.97. The fourth-order valence-corrected chi connectivity index (χ4v) is 4.54. The number of rotatable bonds is 7. The molecule has 3 aliphatic rings. The van der Waals surface area contributed by atoms with Gasteiger partial charge in [0.2, 0.25) is 0 Å². The molecule has 1 amide bonds. The van der Waals surface area contributed by atoms with Crippen LogP contribution in [0.2, 0.25) is 0 Å². The zero-order chi connectivity index (χ0) is 19.7. The van der Waals surface area contributed by atoms with Gasteiger partial charge in [0.1, 0.15) is 5.78 Å². The van der Waals surface area contributed by atoms with E-state index in [1.54, 1.807) is 0 Å². The summed E-state index contributed by atoms with van der Waals surface area (Å²) in [7, 11) is 0. The molecule has 3 aliphatic heterocycles. The molecule has 5 rings (SSSR count). The van der Waals surface area contributed by atoms with Crippen molar-refractivity contribution in [2.75, 3.05) is 19.6 Å². The van der Waals surface area contributed by atoms with Crippen molar-refractivity contribution in [2.24, 2.45) is 11.8 Å². The second-order valence-corrected chi connectivity index (χ2v) is 8.60. The zero-order valence-electron chi connectivity index (χ0n) is 16.8. The third-order valence-corrected chi connectivity index (χ3v) is 6.49. The molecule has 2 atom stereocenters. The molecule has 1 aromatic carbocycles. The topological polar surface area (TPSA) is 78.1 Å². The standard InChI is InChI=1S/C22H30N4O2/c1-3-14(2)10-17(27)11-15-4-5-19-18(12-15)21(25-24-19)22(28)23-20-13-26-8-6-16(20)7-9-26/h4-5,12,14,16,20H,3,6-11,13H2,1-2H3,(H,23,28)(H,24,25)/t14?,20-/m0/s1. The summed E-state index contributed by atoms with van der Waals surface area (Å²) < 4.78 is 0. The van der Waals surface area contributed by atoms with Gasteiger partial charge in [-0.25, -0.2) is 0 Å². The number of carbonyl (C=O) groups is 2. The van der Waals surface area contributed by atoms with Gasteiger partial charge in [-0.2, -0.15) is 5.10 Å². The SMILES string of the molecule is CCC(C)CC(=O)Cc1ccc2[nH]nc(C(=O)N[C@H]3CN4CCC3CC4)c2c1. The highest BCUT2D eigenvalue weighted by molar-refractivity contribution is 6.05. The van der Waals surface area contributed by atoms with Crippen LogP contribution in [-0.4, -0.2) is 52.5 Å². The van der Waals surface area contributed by atoms with Gasteiger partial charge in [0, 0.05) is 30.8 Å². The Morgan fingerprint density at radius 3 is 2.79 bits per heavy atom. The molecule has 3 fully saturated rings. The van der Waals surface area contributed by atoms with Crippen LogP contribution >= 0.6 is 0 Å². The Labute approximate surface area is 166 Å². The zero-order valence-corrected chi connectivity index (χ0v) is 16.8. The van der Waals surface area contributed by atoms with E-state index in [9.17, 15) is 9.59 Å². The second kappa shape index (κ2) is 8.03. The van der Waals surface area contributed by atoms with E-state index < -0.39 is 0 Å². The van der Waals surface area contributed by atoms with Crippen LogP contribution in [0.15, 0.2) is 18.2 Å². The van der Waals surface area contributed by atoms with E-state index in [0.717, 1.165) is 55.4 Å². The summed E-state index contributed by atoms with van der Waals surface area (Å²) in [5.74, 6) is 1.12. The van der Waals surface area contributed by atoms with Gasteiger partial charge in [0.25, 0.3) is 5.91 Å². The molecular weight excluding hydrogens is 352 g/mol. The Balaban J connectivity index is 1.48. The maximum absolute atomic E-state index is 12.9. The number of aromatic nitrogens is 2. The van der Waals surface area contributed by atoms with E-state index in [4.69, 9.17) is 0 Å². The van der Waals surface area contributed by atoms with Gasteiger partial charge in [0.05, 0.1) is 5.52 Å². The molecule has 4 heterocycles. The lowest BCUT2D eigenvalue weighted by Gasteiger charge is -2.44. The smallest absolute Gasteiger partial charge is 0.272 e. The van der Waals surface area contributed by atoms with Crippen LogP contribution in [-0.2, 0) is 11.2 Å². The van der Waals surface area contributed by atoms with E-state index in [2.05, 4.69) is 34.3 Å². The molecule has 3 saturated heterocycles. The van der Waals surface area contributed by atoms with E-state index >= 15 is 0 Å². The number of H-pyrrole nitrogens is 1. The van der Waals surface area contributed by atoms with E-state index in [0.29, 0.717) is 30.4 Å². The van der Waals surface area contributed by atoms with Gasteiger partial charge in [-0.1, -0.05) is 26.3 Å².